The molecule has 126 valence electrons. The normalized spacial score (nSPS) is 26.9. The second-order valence-corrected chi connectivity index (χ2v) is 7.44. The van der Waals surface area contributed by atoms with Crippen molar-refractivity contribution >= 4 is 0 Å². The van der Waals surface area contributed by atoms with Crippen molar-refractivity contribution in [1.82, 2.24) is 0 Å². The Morgan fingerprint density at radius 3 is 1.90 bits per heavy atom. The number of ether oxygens (including phenoxy) is 2. The van der Waals surface area contributed by atoms with Gasteiger partial charge in [-0.15, -0.1) is 0 Å². The molecule has 0 aromatic rings. The predicted molar refractivity (Wildman–Crippen MR) is 89.6 cm³/mol. The fourth-order valence-electron chi connectivity index (χ4n) is 2.94. The van der Waals surface area contributed by atoms with E-state index < -0.39 is 0 Å². The molecular weight excluding hydrogens is 262 g/mol. The Hall–Kier alpha value is -0.120. The van der Waals surface area contributed by atoms with Crippen molar-refractivity contribution in [1.29, 1.82) is 0 Å². The Bertz CT molecular complexity index is 250. The maximum absolute atomic E-state index is 6.36. The molecule has 0 radical (unpaired) electrons. The van der Waals surface area contributed by atoms with Crippen molar-refractivity contribution in [3.05, 3.63) is 0 Å². The van der Waals surface area contributed by atoms with Gasteiger partial charge in [-0.3, -0.25) is 0 Å². The van der Waals surface area contributed by atoms with E-state index >= 15 is 0 Å². The minimum Gasteiger partial charge on any atom is -0.374 e. The smallest absolute Gasteiger partial charge is 0.0727 e. The van der Waals surface area contributed by atoms with Gasteiger partial charge in [-0.2, -0.15) is 0 Å². The van der Waals surface area contributed by atoms with Gasteiger partial charge in [-0.05, 0) is 33.6 Å². The summed E-state index contributed by atoms with van der Waals surface area (Å²) in [6.07, 6.45) is 13.1. The second-order valence-electron chi connectivity index (χ2n) is 7.44. The molecule has 1 saturated carbocycles. The number of hydrogen-bond acceptors (Lipinski definition) is 3. The van der Waals surface area contributed by atoms with Gasteiger partial charge in [0.1, 0.15) is 0 Å². The van der Waals surface area contributed by atoms with Crippen molar-refractivity contribution in [2.24, 2.45) is 5.73 Å². The summed E-state index contributed by atoms with van der Waals surface area (Å²) < 4.78 is 11.8. The summed E-state index contributed by atoms with van der Waals surface area (Å²) >= 11 is 0. The maximum atomic E-state index is 6.36. The lowest BCUT2D eigenvalue weighted by Crippen LogP contribution is -2.38. The zero-order valence-electron chi connectivity index (χ0n) is 14.5. The highest BCUT2D eigenvalue weighted by atomic mass is 16.5. The molecular formula is C18H37NO2. The Labute approximate surface area is 132 Å². The lowest BCUT2D eigenvalue weighted by Gasteiger charge is -2.26. The average Bonchev–Trinajstić information content (AvgIpc) is 2.40. The zero-order valence-corrected chi connectivity index (χ0v) is 14.5. The van der Waals surface area contributed by atoms with Crippen LogP contribution in [0.4, 0.5) is 0 Å². The van der Waals surface area contributed by atoms with E-state index in [1.54, 1.807) is 0 Å². The zero-order chi connectivity index (χ0) is 15.6. The first-order valence-electron chi connectivity index (χ1n) is 9.00. The van der Waals surface area contributed by atoms with Crippen molar-refractivity contribution in [3.8, 4) is 0 Å². The lowest BCUT2D eigenvalue weighted by atomic mass is 9.96. The van der Waals surface area contributed by atoms with Crippen LogP contribution in [-0.2, 0) is 9.47 Å². The van der Waals surface area contributed by atoms with E-state index in [2.05, 4.69) is 20.8 Å². The van der Waals surface area contributed by atoms with Gasteiger partial charge in [0.05, 0.1) is 24.9 Å². The van der Waals surface area contributed by atoms with Gasteiger partial charge in [0.15, 0.2) is 0 Å². The van der Waals surface area contributed by atoms with Crippen LogP contribution in [0, 0.1) is 0 Å². The third kappa shape index (κ3) is 10.3. The van der Waals surface area contributed by atoms with Gasteiger partial charge in [-0.25, -0.2) is 0 Å². The molecule has 0 amide bonds. The van der Waals surface area contributed by atoms with Gasteiger partial charge in [0, 0.05) is 6.04 Å². The van der Waals surface area contributed by atoms with E-state index in [-0.39, 0.29) is 17.7 Å². The van der Waals surface area contributed by atoms with Crippen LogP contribution in [0.5, 0.6) is 0 Å². The third-order valence-corrected chi connectivity index (χ3v) is 4.20. The Kier molecular flexibility index (Phi) is 9.54. The van der Waals surface area contributed by atoms with Gasteiger partial charge >= 0.3 is 0 Å². The van der Waals surface area contributed by atoms with E-state index in [4.69, 9.17) is 15.2 Å². The summed E-state index contributed by atoms with van der Waals surface area (Å²) in [5.41, 5.74) is 6.28. The van der Waals surface area contributed by atoms with Crippen molar-refractivity contribution in [3.63, 3.8) is 0 Å². The van der Waals surface area contributed by atoms with E-state index in [0.717, 1.165) is 12.8 Å². The van der Waals surface area contributed by atoms with Crippen molar-refractivity contribution < 1.29 is 9.47 Å². The van der Waals surface area contributed by atoms with Crippen LogP contribution in [0.15, 0.2) is 0 Å². The Balaban J connectivity index is 2.31. The molecule has 21 heavy (non-hydrogen) atoms. The molecule has 1 aliphatic rings. The van der Waals surface area contributed by atoms with E-state index in [1.165, 1.54) is 51.4 Å². The quantitative estimate of drug-likeness (QED) is 0.781. The van der Waals surface area contributed by atoms with Crippen molar-refractivity contribution in [2.75, 3.05) is 13.2 Å². The highest BCUT2D eigenvalue weighted by Gasteiger charge is 2.19. The lowest BCUT2D eigenvalue weighted by molar-refractivity contribution is -0.0584. The molecule has 0 heterocycles. The molecule has 0 aromatic heterocycles. The fourth-order valence-corrected chi connectivity index (χ4v) is 2.94. The molecule has 0 bridgehead atoms. The molecule has 3 heteroatoms. The summed E-state index contributed by atoms with van der Waals surface area (Å²) in [4.78, 5) is 0. The largest absolute Gasteiger partial charge is 0.374 e. The van der Waals surface area contributed by atoms with Crippen LogP contribution in [0.3, 0.4) is 0 Å². The monoisotopic (exact) mass is 299 g/mol. The first-order valence-corrected chi connectivity index (χ1v) is 9.00. The molecule has 1 aliphatic carbocycles. The summed E-state index contributed by atoms with van der Waals surface area (Å²) in [7, 11) is 0. The van der Waals surface area contributed by atoms with Crippen molar-refractivity contribution in [2.45, 2.75) is 103 Å². The van der Waals surface area contributed by atoms with Gasteiger partial charge in [-0.1, -0.05) is 51.4 Å². The molecule has 0 spiro atoms. The van der Waals surface area contributed by atoms with Crippen LogP contribution in [0.25, 0.3) is 0 Å². The second kappa shape index (κ2) is 10.6. The highest BCUT2D eigenvalue weighted by molar-refractivity contribution is 4.74. The number of rotatable bonds is 4. The van der Waals surface area contributed by atoms with E-state index in [0.29, 0.717) is 13.2 Å². The molecule has 2 N–H and O–H groups in total. The van der Waals surface area contributed by atoms with Crippen LogP contribution in [0.2, 0.25) is 0 Å². The molecule has 2 unspecified atom stereocenters. The predicted octanol–water partition coefficient (Wildman–Crippen LogP) is 4.43. The van der Waals surface area contributed by atoms with Gasteiger partial charge in [0.2, 0.25) is 0 Å². The molecule has 0 aliphatic heterocycles. The Morgan fingerprint density at radius 1 is 0.810 bits per heavy atom. The molecule has 1 rings (SSSR count). The summed E-state index contributed by atoms with van der Waals surface area (Å²) in [5, 5.41) is 0. The molecule has 0 saturated heterocycles. The van der Waals surface area contributed by atoms with Crippen LogP contribution in [0.1, 0.15) is 85.0 Å². The topological polar surface area (TPSA) is 44.5 Å². The SMILES string of the molecule is CC(C)(C)OCCOC1CCCCCCCCCCC1N. The first-order chi connectivity index (χ1) is 9.99. The average molecular weight is 299 g/mol. The number of nitrogens with two attached hydrogens (primary N) is 1. The van der Waals surface area contributed by atoms with Crippen LogP contribution in [-0.4, -0.2) is 31.0 Å². The summed E-state index contributed by atoms with van der Waals surface area (Å²) in [6.45, 7) is 7.56. The fraction of sp³-hybridized carbons (Fsp3) is 1.00. The molecule has 1 fully saturated rings. The summed E-state index contributed by atoms with van der Waals surface area (Å²) in [6, 6.07) is 0.194. The first kappa shape index (κ1) is 18.9. The molecule has 3 nitrogen and oxygen atoms in total. The van der Waals surface area contributed by atoms with E-state index in [9.17, 15) is 0 Å². The molecule has 2 atom stereocenters. The van der Waals surface area contributed by atoms with Crippen LogP contribution < -0.4 is 5.73 Å². The Morgan fingerprint density at radius 2 is 1.33 bits per heavy atom. The third-order valence-electron chi connectivity index (χ3n) is 4.20. The van der Waals surface area contributed by atoms with E-state index in [1.807, 2.05) is 0 Å². The summed E-state index contributed by atoms with van der Waals surface area (Å²) in [5.74, 6) is 0. The standard InChI is InChI=1S/C18H37NO2/c1-18(2,3)21-15-14-20-17-13-11-9-7-5-4-6-8-10-12-16(17)19/h16-17H,4-15,19H2,1-3H3. The highest BCUT2D eigenvalue weighted by Crippen LogP contribution is 2.18. The minimum atomic E-state index is -0.0853. The van der Waals surface area contributed by atoms with Gasteiger partial charge < -0.3 is 15.2 Å². The minimum absolute atomic E-state index is 0.0853. The maximum Gasteiger partial charge on any atom is 0.0727 e. The van der Waals surface area contributed by atoms with Crippen LogP contribution >= 0.6 is 0 Å². The number of hydrogen-bond donors (Lipinski definition) is 1. The van der Waals surface area contributed by atoms with Gasteiger partial charge in [0.25, 0.3) is 0 Å². The molecule has 0 aromatic carbocycles.